The number of halogens is 1. The molecule has 0 spiro atoms. The Morgan fingerprint density at radius 1 is 1.25 bits per heavy atom. The molecule has 1 N–H and O–H groups in total. The van der Waals surface area contributed by atoms with Gasteiger partial charge in [-0.2, -0.15) is 0 Å². The Hall–Kier alpha value is -1.72. The van der Waals surface area contributed by atoms with Crippen LogP contribution in [0.2, 0.25) is 0 Å². The van der Waals surface area contributed by atoms with E-state index in [0.29, 0.717) is 5.82 Å². The van der Waals surface area contributed by atoms with Gasteiger partial charge in [0.2, 0.25) is 0 Å². The van der Waals surface area contributed by atoms with Gasteiger partial charge in [-0.3, -0.25) is 4.98 Å². The molecule has 20 heavy (non-hydrogen) atoms. The van der Waals surface area contributed by atoms with Crippen molar-refractivity contribution in [2.24, 2.45) is 0 Å². The molecule has 5 heteroatoms. The van der Waals surface area contributed by atoms with Gasteiger partial charge in [-0.25, -0.2) is 4.98 Å². The highest BCUT2D eigenvalue weighted by Crippen LogP contribution is 2.31. The number of pyridine rings is 1. The standard InChI is InChI=1S/C15H14BrN3O/c1-2-19-9-8-18-15(19)14(20)11-5-6-12(16)10-4-3-7-17-13(10)11/h3-9,14,20H,2H2,1H3. The molecule has 3 aromatic rings. The smallest absolute Gasteiger partial charge is 0.142 e. The van der Waals surface area contributed by atoms with Gasteiger partial charge in [0.1, 0.15) is 11.9 Å². The van der Waals surface area contributed by atoms with Gasteiger partial charge >= 0.3 is 0 Å². The Labute approximate surface area is 125 Å². The summed E-state index contributed by atoms with van der Waals surface area (Å²) in [5, 5.41) is 11.6. The molecular weight excluding hydrogens is 318 g/mol. The highest BCUT2D eigenvalue weighted by molar-refractivity contribution is 9.10. The van der Waals surface area contributed by atoms with Crippen LogP contribution in [0.15, 0.2) is 47.3 Å². The van der Waals surface area contributed by atoms with E-state index in [1.807, 2.05) is 42.0 Å². The fraction of sp³-hybridized carbons (Fsp3) is 0.200. The quantitative estimate of drug-likeness (QED) is 0.801. The Morgan fingerprint density at radius 2 is 2.10 bits per heavy atom. The van der Waals surface area contributed by atoms with Crippen molar-refractivity contribution >= 4 is 26.8 Å². The summed E-state index contributed by atoms with van der Waals surface area (Å²) in [5.74, 6) is 0.641. The molecule has 0 saturated heterocycles. The molecule has 0 aliphatic rings. The van der Waals surface area contributed by atoms with Gasteiger partial charge in [-0.15, -0.1) is 0 Å². The first-order valence-electron chi connectivity index (χ1n) is 6.44. The Balaban J connectivity index is 2.17. The van der Waals surface area contributed by atoms with Crippen LogP contribution in [-0.2, 0) is 6.54 Å². The maximum absolute atomic E-state index is 10.6. The number of aromatic nitrogens is 3. The van der Waals surface area contributed by atoms with Gasteiger partial charge in [0.05, 0.1) is 5.52 Å². The molecule has 102 valence electrons. The van der Waals surface area contributed by atoms with Crippen molar-refractivity contribution in [2.45, 2.75) is 19.6 Å². The summed E-state index contributed by atoms with van der Waals surface area (Å²) in [7, 11) is 0. The van der Waals surface area contributed by atoms with Crippen LogP contribution in [0.5, 0.6) is 0 Å². The highest BCUT2D eigenvalue weighted by Gasteiger charge is 2.19. The van der Waals surface area contributed by atoms with Gasteiger partial charge in [0.25, 0.3) is 0 Å². The Morgan fingerprint density at radius 3 is 2.90 bits per heavy atom. The van der Waals surface area contributed by atoms with E-state index in [0.717, 1.165) is 27.5 Å². The topological polar surface area (TPSA) is 50.9 Å². The molecule has 1 aromatic carbocycles. The minimum atomic E-state index is -0.782. The second-order valence-electron chi connectivity index (χ2n) is 4.51. The van der Waals surface area contributed by atoms with E-state index >= 15 is 0 Å². The zero-order valence-electron chi connectivity index (χ0n) is 11.0. The molecule has 1 unspecified atom stereocenters. The molecule has 2 heterocycles. The van der Waals surface area contributed by atoms with E-state index in [9.17, 15) is 5.11 Å². The van der Waals surface area contributed by atoms with E-state index in [1.54, 1.807) is 12.4 Å². The van der Waals surface area contributed by atoms with Gasteiger partial charge in [0.15, 0.2) is 0 Å². The molecule has 1 atom stereocenters. The number of aryl methyl sites for hydroxylation is 1. The predicted molar refractivity (Wildman–Crippen MR) is 81.4 cm³/mol. The molecule has 0 aliphatic carbocycles. The lowest BCUT2D eigenvalue weighted by atomic mass is 10.0. The minimum absolute atomic E-state index is 0.641. The fourth-order valence-corrected chi connectivity index (χ4v) is 2.81. The number of aliphatic hydroxyl groups excluding tert-OH is 1. The van der Waals surface area contributed by atoms with Crippen LogP contribution in [0.25, 0.3) is 10.9 Å². The van der Waals surface area contributed by atoms with Gasteiger partial charge in [-0.1, -0.05) is 28.1 Å². The lowest BCUT2D eigenvalue weighted by molar-refractivity contribution is 0.206. The summed E-state index contributed by atoms with van der Waals surface area (Å²) in [6, 6.07) is 7.69. The first kappa shape index (κ1) is 13.3. The average Bonchev–Trinajstić information content (AvgIpc) is 2.96. The number of imidazole rings is 1. The summed E-state index contributed by atoms with van der Waals surface area (Å²) < 4.78 is 2.90. The van der Waals surface area contributed by atoms with Gasteiger partial charge in [0, 0.05) is 40.6 Å². The van der Waals surface area contributed by atoms with E-state index in [2.05, 4.69) is 25.9 Å². The number of benzene rings is 1. The summed E-state index contributed by atoms with van der Waals surface area (Å²) in [5.41, 5.74) is 1.56. The molecule has 0 saturated carbocycles. The van der Waals surface area contributed by atoms with Crippen molar-refractivity contribution in [3.63, 3.8) is 0 Å². The van der Waals surface area contributed by atoms with Crippen LogP contribution >= 0.6 is 15.9 Å². The lowest BCUT2D eigenvalue weighted by Crippen LogP contribution is -2.09. The van der Waals surface area contributed by atoms with Crippen LogP contribution in [0.3, 0.4) is 0 Å². The molecule has 0 aliphatic heterocycles. The first-order valence-corrected chi connectivity index (χ1v) is 7.24. The average molecular weight is 332 g/mol. The maximum Gasteiger partial charge on any atom is 0.142 e. The number of hydrogen-bond acceptors (Lipinski definition) is 3. The van der Waals surface area contributed by atoms with Crippen LogP contribution in [0.4, 0.5) is 0 Å². The third-order valence-corrected chi connectivity index (χ3v) is 4.07. The number of rotatable bonds is 3. The lowest BCUT2D eigenvalue weighted by Gasteiger charge is -2.14. The largest absolute Gasteiger partial charge is 0.380 e. The van der Waals surface area contributed by atoms with Crippen LogP contribution in [-0.4, -0.2) is 19.6 Å². The maximum atomic E-state index is 10.6. The highest BCUT2D eigenvalue weighted by atomic mass is 79.9. The second-order valence-corrected chi connectivity index (χ2v) is 5.36. The van der Waals surface area contributed by atoms with E-state index in [1.165, 1.54) is 0 Å². The predicted octanol–water partition coefficient (Wildman–Crippen LogP) is 3.30. The van der Waals surface area contributed by atoms with Crippen molar-refractivity contribution < 1.29 is 5.11 Å². The van der Waals surface area contributed by atoms with E-state index < -0.39 is 6.10 Å². The van der Waals surface area contributed by atoms with Crippen molar-refractivity contribution in [3.05, 3.63) is 58.7 Å². The van der Waals surface area contributed by atoms with Crippen molar-refractivity contribution in [3.8, 4) is 0 Å². The molecule has 0 radical (unpaired) electrons. The number of fused-ring (bicyclic) bond motifs is 1. The third-order valence-electron chi connectivity index (χ3n) is 3.38. The van der Waals surface area contributed by atoms with Crippen LogP contribution in [0.1, 0.15) is 24.4 Å². The van der Waals surface area contributed by atoms with Crippen molar-refractivity contribution in [1.82, 2.24) is 14.5 Å². The fourth-order valence-electron chi connectivity index (χ4n) is 2.36. The van der Waals surface area contributed by atoms with Gasteiger partial charge in [-0.05, 0) is 19.1 Å². The zero-order valence-corrected chi connectivity index (χ0v) is 12.6. The van der Waals surface area contributed by atoms with Crippen molar-refractivity contribution in [2.75, 3.05) is 0 Å². The molecule has 4 nitrogen and oxygen atoms in total. The number of nitrogens with zero attached hydrogens (tertiary/aromatic N) is 3. The molecule has 2 aromatic heterocycles. The molecular formula is C15H14BrN3O. The normalized spacial score (nSPS) is 12.8. The number of hydrogen-bond donors (Lipinski definition) is 1. The summed E-state index contributed by atoms with van der Waals surface area (Å²) in [6.45, 7) is 2.80. The van der Waals surface area contributed by atoms with E-state index in [-0.39, 0.29) is 0 Å². The molecule has 0 fully saturated rings. The third kappa shape index (κ3) is 2.13. The Bertz CT molecular complexity index is 754. The van der Waals surface area contributed by atoms with Crippen molar-refractivity contribution in [1.29, 1.82) is 0 Å². The Kier molecular flexibility index (Phi) is 3.54. The minimum Gasteiger partial charge on any atom is -0.380 e. The molecule has 0 bridgehead atoms. The molecule has 3 rings (SSSR count). The van der Waals surface area contributed by atoms with Crippen LogP contribution in [0, 0.1) is 0 Å². The summed E-state index contributed by atoms with van der Waals surface area (Å²) in [6.07, 6.45) is 4.52. The second kappa shape index (κ2) is 5.34. The number of aliphatic hydroxyl groups is 1. The first-order chi connectivity index (χ1) is 9.72. The molecule has 0 amide bonds. The SMILES string of the molecule is CCn1ccnc1C(O)c1ccc(Br)c2cccnc12. The van der Waals surface area contributed by atoms with Crippen LogP contribution < -0.4 is 0 Å². The summed E-state index contributed by atoms with van der Waals surface area (Å²) in [4.78, 5) is 8.67. The summed E-state index contributed by atoms with van der Waals surface area (Å²) >= 11 is 3.51. The monoisotopic (exact) mass is 331 g/mol. The zero-order chi connectivity index (χ0) is 14.1. The van der Waals surface area contributed by atoms with E-state index in [4.69, 9.17) is 0 Å². The van der Waals surface area contributed by atoms with Gasteiger partial charge < -0.3 is 9.67 Å².